The molecule has 2 N–H and O–H groups in total. The molecule has 0 spiro atoms. The Morgan fingerprint density at radius 1 is 1.07 bits per heavy atom. The number of hydrogen-bond donors (Lipinski definition) is 1. The minimum Gasteiger partial charge on any atom is -0.397 e. The molecular weight excluding hydrogens is 208 g/mol. The zero-order valence-electron chi connectivity index (χ0n) is 8.15. The SMILES string of the molecule is Nc1ccc(Cc2ccc(Cl)cc2)nc1. The van der Waals surface area contributed by atoms with Crippen LogP contribution >= 0.6 is 11.6 Å². The fourth-order valence-corrected chi connectivity index (χ4v) is 1.48. The van der Waals surface area contributed by atoms with Crippen LogP contribution in [-0.4, -0.2) is 4.98 Å². The summed E-state index contributed by atoms with van der Waals surface area (Å²) >= 11 is 5.80. The fraction of sp³-hybridized carbons (Fsp3) is 0.0833. The van der Waals surface area contributed by atoms with Gasteiger partial charge in [0.1, 0.15) is 0 Å². The lowest BCUT2D eigenvalue weighted by Crippen LogP contribution is -1.93. The molecule has 3 heteroatoms. The second-order valence-electron chi connectivity index (χ2n) is 3.39. The smallest absolute Gasteiger partial charge is 0.0501 e. The van der Waals surface area contributed by atoms with Crippen LogP contribution in [0.5, 0.6) is 0 Å². The number of anilines is 1. The maximum absolute atomic E-state index is 5.80. The van der Waals surface area contributed by atoms with Gasteiger partial charge in [-0.15, -0.1) is 0 Å². The number of benzene rings is 1. The minimum absolute atomic E-state index is 0.690. The lowest BCUT2D eigenvalue weighted by molar-refractivity contribution is 1.08. The maximum atomic E-state index is 5.80. The molecule has 15 heavy (non-hydrogen) atoms. The molecule has 2 nitrogen and oxygen atoms in total. The predicted molar refractivity (Wildman–Crippen MR) is 62.9 cm³/mol. The van der Waals surface area contributed by atoms with E-state index in [1.54, 1.807) is 6.20 Å². The Bertz CT molecular complexity index is 391. The predicted octanol–water partition coefficient (Wildman–Crippen LogP) is 2.91. The summed E-state index contributed by atoms with van der Waals surface area (Å²) in [7, 11) is 0. The van der Waals surface area contributed by atoms with Gasteiger partial charge in [-0.2, -0.15) is 0 Å². The van der Waals surface area contributed by atoms with Crippen molar-refractivity contribution in [2.45, 2.75) is 6.42 Å². The van der Waals surface area contributed by atoms with Gasteiger partial charge in [0.2, 0.25) is 0 Å². The Kier molecular flexibility index (Phi) is 2.88. The second kappa shape index (κ2) is 4.32. The molecular formula is C12H11ClN2. The molecule has 1 aromatic heterocycles. The van der Waals surface area contributed by atoms with Gasteiger partial charge in [0, 0.05) is 17.1 Å². The Balaban J connectivity index is 2.15. The molecule has 0 aliphatic carbocycles. The average Bonchev–Trinajstić information content (AvgIpc) is 2.25. The monoisotopic (exact) mass is 218 g/mol. The molecule has 2 rings (SSSR count). The van der Waals surface area contributed by atoms with Gasteiger partial charge >= 0.3 is 0 Å². The van der Waals surface area contributed by atoms with E-state index in [4.69, 9.17) is 17.3 Å². The van der Waals surface area contributed by atoms with Crippen molar-refractivity contribution in [1.29, 1.82) is 0 Å². The maximum Gasteiger partial charge on any atom is 0.0501 e. The number of halogens is 1. The van der Waals surface area contributed by atoms with Crippen molar-refractivity contribution >= 4 is 17.3 Å². The van der Waals surface area contributed by atoms with E-state index in [0.29, 0.717) is 5.69 Å². The zero-order chi connectivity index (χ0) is 10.7. The Hall–Kier alpha value is -1.54. The summed E-state index contributed by atoms with van der Waals surface area (Å²) in [6.07, 6.45) is 2.47. The van der Waals surface area contributed by atoms with Gasteiger partial charge in [0.25, 0.3) is 0 Å². The number of nitrogens with zero attached hydrogens (tertiary/aromatic N) is 1. The fourth-order valence-electron chi connectivity index (χ4n) is 1.35. The average molecular weight is 219 g/mol. The highest BCUT2D eigenvalue weighted by Crippen LogP contribution is 2.13. The summed E-state index contributed by atoms with van der Waals surface area (Å²) in [4.78, 5) is 4.24. The third-order valence-corrected chi connectivity index (χ3v) is 2.40. The molecule has 0 saturated heterocycles. The molecule has 0 fully saturated rings. The molecule has 76 valence electrons. The lowest BCUT2D eigenvalue weighted by atomic mass is 10.1. The first-order valence-electron chi connectivity index (χ1n) is 4.69. The lowest BCUT2D eigenvalue weighted by Gasteiger charge is -2.01. The third kappa shape index (κ3) is 2.70. The van der Waals surface area contributed by atoms with Crippen LogP contribution < -0.4 is 5.73 Å². The Morgan fingerprint density at radius 3 is 2.40 bits per heavy atom. The molecule has 1 aromatic carbocycles. The first-order valence-corrected chi connectivity index (χ1v) is 5.07. The van der Waals surface area contributed by atoms with E-state index >= 15 is 0 Å². The largest absolute Gasteiger partial charge is 0.397 e. The summed E-state index contributed by atoms with van der Waals surface area (Å²) < 4.78 is 0. The van der Waals surface area contributed by atoms with Gasteiger partial charge in [-0.1, -0.05) is 23.7 Å². The summed E-state index contributed by atoms with van der Waals surface area (Å²) in [6.45, 7) is 0. The number of nitrogen functional groups attached to an aromatic ring is 1. The summed E-state index contributed by atoms with van der Waals surface area (Å²) in [5.74, 6) is 0. The van der Waals surface area contributed by atoms with E-state index in [0.717, 1.165) is 17.1 Å². The van der Waals surface area contributed by atoms with E-state index in [9.17, 15) is 0 Å². The number of pyridine rings is 1. The first kappa shape index (κ1) is 9.99. The van der Waals surface area contributed by atoms with Gasteiger partial charge in [-0.05, 0) is 29.8 Å². The van der Waals surface area contributed by atoms with Crippen molar-refractivity contribution in [2.24, 2.45) is 0 Å². The minimum atomic E-state index is 0.690. The second-order valence-corrected chi connectivity index (χ2v) is 3.82. The van der Waals surface area contributed by atoms with Crippen LogP contribution in [0, 0.1) is 0 Å². The molecule has 0 radical (unpaired) electrons. The quantitative estimate of drug-likeness (QED) is 0.842. The van der Waals surface area contributed by atoms with Crippen LogP contribution in [0.15, 0.2) is 42.6 Å². The van der Waals surface area contributed by atoms with Crippen LogP contribution in [-0.2, 0) is 6.42 Å². The first-order chi connectivity index (χ1) is 7.24. The van der Waals surface area contributed by atoms with E-state index < -0.39 is 0 Å². The molecule has 1 heterocycles. The van der Waals surface area contributed by atoms with Crippen molar-refractivity contribution in [3.8, 4) is 0 Å². The molecule has 0 aliphatic rings. The number of aromatic nitrogens is 1. The van der Waals surface area contributed by atoms with Crippen molar-refractivity contribution in [3.63, 3.8) is 0 Å². The molecule has 0 unspecified atom stereocenters. The number of rotatable bonds is 2. The van der Waals surface area contributed by atoms with Gasteiger partial charge < -0.3 is 5.73 Å². The normalized spacial score (nSPS) is 10.2. The Labute approximate surface area is 93.7 Å². The Morgan fingerprint density at radius 2 is 1.80 bits per heavy atom. The van der Waals surface area contributed by atoms with Crippen LogP contribution in [0.3, 0.4) is 0 Å². The van der Waals surface area contributed by atoms with Crippen molar-refractivity contribution in [3.05, 3.63) is 58.9 Å². The van der Waals surface area contributed by atoms with Crippen molar-refractivity contribution < 1.29 is 0 Å². The van der Waals surface area contributed by atoms with Gasteiger partial charge in [0.15, 0.2) is 0 Å². The van der Waals surface area contributed by atoms with Crippen molar-refractivity contribution in [2.75, 3.05) is 5.73 Å². The van der Waals surface area contributed by atoms with Crippen LogP contribution in [0.25, 0.3) is 0 Å². The highest BCUT2D eigenvalue weighted by Gasteiger charge is 1.97. The third-order valence-electron chi connectivity index (χ3n) is 2.15. The molecule has 0 aliphatic heterocycles. The molecule has 2 aromatic rings. The van der Waals surface area contributed by atoms with Gasteiger partial charge in [-0.25, -0.2) is 0 Å². The molecule has 0 atom stereocenters. The summed E-state index contributed by atoms with van der Waals surface area (Å²) in [6, 6.07) is 11.6. The van der Waals surface area contributed by atoms with E-state index in [1.165, 1.54) is 5.56 Å². The van der Waals surface area contributed by atoms with E-state index in [1.807, 2.05) is 36.4 Å². The summed E-state index contributed by atoms with van der Waals surface area (Å²) in [5, 5.41) is 0.754. The standard InChI is InChI=1S/C12H11ClN2/c13-10-3-1-9(2-4-10)7-12-6-5-11(14)8-15-12/h1-6,8H,7,14H2. The molecule has 0 saturated carbocycles. The van der Waals surface area contributed by atoms with Crippen LogP contribution in [0.4, 0.5) is 5.69 Å². The molecule has 0 amide bonds. The number of hydrogen-bond acceptors (Lipinski definition) is 2. The topological polar surface area (TPSA) is 38.9 Å². The summed E-state index contributed by atoms with van der Waals surface area (Å²) in [5.41, 5.74) is 8.45. The highest BCUT2D eigenvalue weighted by atomic mass is 35.5. The van der Waals surface area contributed by atoms with E-state index in [-0.39, 0.29) is 0 Å². The van der Waals surface area contributed by atoms with Crippen LogP contribution in [0.1, 0.15) is 11.3 Å². The number of nitrogens with two attached hydrogens (primary N) is 1. The van der Waals surface area contributed by atoms with Crippen molar-refractivity contribution in [1.82, 2.24) is 4.98 Å². The molecule has 0 bridgehead atoms. The van der Waals surface area contributed by atoms with E-state index in [2.05, 4.69) is 4.98 Å². The van der Waals surface area contributed by atoms with Gasteiger partial charge in [-0.3, -0.25) is 4.98 Å². The zero-order valence-corrected chi connectivity index (χ0v) is 8.91. The highest BCUT2D eigenvalue weighted by molar-refractivity contribution is 6.30. The van der Waals surface area contributed by atoms with Crippen LogP contribution in [0.2, 0.25) is 5.02 Å². The van der Waals surface area contributed by atoms with Gasteiger partial charge in [0.05, 0.1) is 11.9 Å².